The van der Waals surface area contributed by atoms with Gasteiger partial charge in [0.2, 0.25) is 0 Å². The number of amides is 2. The van der Waals surface area contributed by atoms with Crippen molar-refractivity contribution in [2.45, 2.75) is 45.1 Å². The molecule has 4 aromatic carbocycles. The average Bonchev–Trinajstić information content (AvgIpc) is 3.02. The number of rotatable bonds is 10. The third-order valence-electron chi connectivity index (χ3n) is 7.65. The van der Waals surface area contributed by atoms with Crippen molar-refractivity contribution in [3.8, 4) is 0 Å². The number of anilines is 1. The first-order valence-corrected chi connectivity index (χ1v) is 14.4. The lowest BCUT2D eigenvalue weighted by atomic mass is 9.90. The summed E-state index contributed by atoms with van der Waals surface area (Å²) in [6.45, 7) is 4.19. The van der Waals surface area contributed by atoms with Gasteiger partial charge in [0, 0.05) is 36.8 Å². The van der Waals surface area contributed by atoms with Crippen LogP contribution in [-0.4, -0.2) is 35.7 Å². The zero-order chi connectivity index (χ0) is 29.3. The van der Waals surface area contributed by atoms with E-state index in [2.05, 4.69) is 53.8 Å². The Hall–Kier alpha value is -4.01. The van der Waals surface area contributed by atoms with Crippen LogP contribution in [0.4, 0.5) is 10.5 Å². The first kappa shape index (κ1) is 29.5. The summed E-state index contributed by atoms with van der Waals surface area (Å²) in [4.78, 5) is 14.7. The monoisotopic (exact) mass is 565 g/mol. The Morgan fingerprint density at radius 3 is 2.05 bits per heavy atom. The average molecular weight is 566 g/mol. The number of hydrogen-bond acceptors (Lipinski definition) is 5. The summed E-state index contributed by atoms with van der Waals surface area (Å²) >= 11 is 0. The smallest absolute Gasteiger partial charge is 0.319 e. The van der Waals surface area contributed by atoms with Crippen molar-refractivity contribution in [1.29, 1.82) is 0 Å². The van der Waals surface area contributed by atoms with Crippen LogP contribution in [0.15, 0.2) is 109 Å². The van der Waals surface area contributed by atoms with Gasteiger partial charge in [-0.25, -0.2) is 4.79 Å². The summed E-state index contributed by atoms with van der Waals surface area (Å²) in [5.74, 6) is 0.0914. The molecule has 2 amide bonds. The Morgan fingerprint density at radius 2 is 1.40 bits per heavy atom. The molecule has 0 radical (unpaired) electrons. The molecule has 1 aliphatic rings. The predicted octanol–water partition coefficient (Wildman–Crippen LogP) is 6.42. The number of likely N-dealkylation sites (N-methyl/N-ethyl adjacent to an activating group) is 1. The second-order valence-electron chi connectivity index (χ2n) is 10.9. The molecule has 1 fully saturated rings. The minimum atomic E-state index is -0.570. The van der Waals surface area contributed by atoms with Crippen molar-refractivity contribution in [2.24, 2.45) is 5.92 Å². The molecule has 4 atom stereocenters. The van der Waals surface area contributed by atoms with Crippen molar-refractivity contribution in [3.05, 3.63) is 137 Å². The van der Waals surface area contributed by atoms with Crippen LogP contribution < -0.4 is 10.6 Å². The van der Waals surface area contributed by atoms with Gasteiger partial charge in [-0.3, -0.25) is 4.90 Å². The zero-order valence-electron chi connectivity index (χ0n) is 24.1. The first-order chi connectivity index (χ1) is 20.5. The molecule has 5 rings (SSSR count). The molecule has 7 nitrogen and oxygen atoms in total. The van der Waals surface area contributed by atoms with Crippen molar-refractivity contribution in [2.75, 3.05) is 18.9 Å². The predicted molar refractivity (Wildman–Crippen MR) is 164 cm³/mol. The maximum absolute atomic E-state index is 12.4. The van der Waals surface area contributed by atoms with E-state index in [-0.39, 0.29) is 30.8 Å². The van der Waals surface area contributed by atoms with Gasteiger partial charge in [-0.15, -0.1) is 0 Å². The number of carbonyl (C=O) groups is 1. The standard InChI is InChI=1S/C35H39N3O4/c1-25-32(23-38(2)22-27-11-7-4-8-12-27)41-34(42-33(25)29-15-13-28(24-39)14-16-29)30-17-19-31(20-18-30)37-35(40)36-21-26-9-5-3-6-10-26/h3-20,25,32-34,39H,21-24H2,1-2H3,(H2,36,37,40)/t25-,32+,33+,34+/m0/s1. The molecule has 0 spiro atoms. The van der Waals surface area contributed by atoms with Crippen molar-refractivity contribution in [3.63, 3.8) is 0 Å². The molecule has 3 N–H and O–H groups in total. The van der Waals surface area contributed by atoms with Gasteiger partial charge >= 0.3 is 6.03 Å². The highest BCUT2D eigenvalue weighted by atomic mass is 16.7. The van der Waals surface area contributed by atoms with E-state index in [4.69, 9.17) is 9.47 Å². The molecule has 0 saturated carbocycles. The zero-order valence-corrected chi connectivity index (χ0v) is 24.1. The molecule has 4 aromatic rings. The summed E-state index contributed by atoms with van der Waals surface area (Å²) in [6, 6.07) is 35.5. The molecule has 0 aromatic heterocycles. The molecule has 42 heavy (non-hydrogen) atoms. The van der Waals surface area contributed by atoms with Crippen LogP contribution in [0.3, 0.4) is 0 Å². The lowest BCUT2D eigenvalue weighted by Gasteiger charge is -2.42. The number of aliphatic hydroxyl groups excluding tert-OH is 1. The maximum atomic E-state index is 12.4. The number of ether oxygens (including phenoxy) is 2. The van der Waals surface area contributed by atoms with Crippen LogP contribution in [0.5, 0.6) is 0 Å². The lowest BCUT2D eigenvalue weighted by molar-refractivity contribution is -0.276. The van der Waals surface area contributed by atoms with Gasteiger partial charge in [0.15, 0.2) is 6.29 Å². The van der Waals surface area contributed by atoms with E-state index >= 15 is 0 Å². The van der Waals surface area contributed by atoms with E-state index in [0.29, 0.717) is 12.2 Å². The molecule has 7 heteroatoms. The normalized spacial score (nSPS) is 20.3. The number of benzene rings is 4. The number of hydrogen-bond donors (Lipinski definition) is 3. The summed E-state index contributed by atoms with van der Waals surface area (Å²) < 4.78 is 13.2. The summed E-state index contributed by atoms with van der Waals surface area (Å²) in [5.41, 5.74) is 5.77. The highest BCUT2D eigenvalue weighted by Gasteiger charge is 2.38. The lowest BCUT2D eigenvalue weighted by Crippen LogP contribution is -2.43. The second kappa shape index (κ2) is 14.2. The highest BCUT2D eigenvalue weighted by Crippen LogP contribution is 2.42. The van der Waals surface area contributed by atoms with Gasteiger partial charge in [0.1, 0.15) is 0 Å². The Kier molecular flexibility index (Phi) is 10.0. The molecule has 0 unspecified atom stereocenters. The van der Waals surface area contributed by atoms with Gasteiger partial charge in [0.05, 0.1) is 18.8 Å². The second-order valence-corrected chi connectivity index (χ2v) is 10.9. The fourth-order valence-corrected chi connectivity index (χ4v) is 5.27. The Labute approximate surface area is 248 Å². The van der Waals surface area contributed by atoms with E-state index in [1.54, 1.807) is 0 Å². The summed E-state index contributed by atoms with van der Waals surface area (Å²) in [7, 11) is 2.11. The molecule has 218 valence electrons. The molecule has 1 heterocycles. The van der Waals surface area contributed by atoms with Crippen LogP contribution in [-0.2, 0) is 29.2 Å². The van der Waals surface area contributed by atoms with E-state index in [1.165, 1.54) is 5.56 Å². The number of aliphatic hydroxyl groups is 1. The molecule has 0 bridgehead atoms. The largest absolute Gasteiger partial charge is 0.392 e. The van der Waals surface area contributed by atoms with Gasteiger partial charge < -0.3 is 25.2 Å². The fraction of sp³-hybridized carbons (Fsp3) is 0.286. The fourth-order valence-electron chi connectivity index (χ4n) is 5.27. The summed E-state index contributed by atoms with van der Waals surface area (Å²) in [5, 5.41) is 15.3. The van der Waals surface area contributed by atoms with E-state index in [0.717, 1.165) is 35.3 Å². The van der Waals surface area contributed by atoms with Crippen LogP contribution in [0.2, 0.25) is 0 Å². The van der Waals surface area contributed by atoms with Gasteiger partial charge in [-0.1, -0.05) is 104 Å². The Balaban J connectivity index is 1.28. The van der Waals surface area contributed by atoms with E-state index in [1.807, 2.05) is 84.9 Å². The van der Waals surface area contributed by atoms with Crippen LogP contribution in [0.1, 0.15) is 47.1 Å². The SMILES string of the molecule is C[C@H]1[C@@H](CN(C)Cc2ccccc2)O[C@@H](c2ccc(NC(=O)NCc3ccccc3)cc2)O[C@H]1c1ccc(CO)cc1. The van der Waals surface area contributed by atoms with Gasteiger partial charge in [-0.2, -0.15) is 0 Å². The van der Waals surface area contributed by atoms with Crippen LogP contribution in [0, 0.1) is 5.92 Å². The highest BCUT2D eigenvalue weighted by molar-refractivity contribution is 5.89. The molecule has 1 saturated heterocycles. The molecule has 1 aliphatic heterocycles. The molecular weight excluding hydrogens is 526 g/mol. The Morgan fingerprint density at radius 1 is 0.786 bits per heavy atom. The van der Waals surface area contributed by atoms with Gasteiger partial charge in [0.25, 0.3) is 0 Å². The van der Waals surface area contributed by atoms with Crippen molar-refractivity contribution >= 4 is 11.7 Å². The van der Waals surface area contributed by atoms with Crippen molar-refractivity contribution < 1.29 is 19.4 Å². The molecular formula is C35H39N3O4. The minimum Gasteiger partial charge on any atom is -0.392 e. The van der Waals surface area contributed by atoms with Crippen LogP contribution >= 0.6 is 0 Å². The first-order valence-electron chi connectivity index (χ1n) is 14.4. The number of nitrogens with one attached hydrogen (secondary N) is 2. The molecule has 0 aliphatic carbocycles. The number of carbonyl (C=O) groups excluding carboxylic acids is 1. The minimum absolute atomic E-state index is 0.00462. The van der Waals surface area contributed by atoms with E-state index < -0.39 is 6.29 Å². The topological polar surface area (TPSA) is 83.1 Å². The van der Waals surface area contributed by atoms with Gasteiger partial charge in [-0.05, 0) is 41.4 Å². The number of urea groups is 1. The van der Waals surface area contributed by atoms with Crippen molar-refractivity contribution in [1.82, 2.24) is 10.2 Å². The quantitative estimate of drug-likeness (QED) is 0.207. The maximum Gasteiger partial charge on any atom is 0.319 e. The Bertz CT molecular complexity index is 1400. The van der Waals surface area contributed by atoms with E-state index in [9.17, 15) is 9.90 Å². The summed E-state index contributed by atoms with van der Waals surface area (Å²) in [6.07, 6.45) is -0.838. The number of nitrogens with zero attached hydrogens (tertiary/aromatic N) is 1. The third-order valence-corrected chi connectivity index (χ3v) is 7.65. The van der Waals surface area contributed by atoms with Crippen LogP contribution in [0.25, 0.3) is 0 Å². The third kappa shape index (κ3) is 7.84.